The molecule has 0 aliphatic heterocycles. The van der Waals surface area contributed by atoms with Gasteiger partial charge in [0.05, 0.1) is 6.04 Å². The third kappa shape index (κ3) is 6.05. The number of hydrogen-bond acceptors (Lipinski definition) is 5. The van der Waals surface area contributed by atoms with Crippen molar-refractivity contribution in [3.63, 3.8) is 0 Å². The zero-order valence-electron chi connectivity index (χ0n) is 14.7. The lowest BCUT2D eigenvalue weighted by Crippen LogP contribution is -2.31. The molecule has 0 spiro atoms. The number of benzene rings is 2. The van der Waals surface area contributed by atoms with Crippen molar-refractivity contribution in [2.45, 2.75) is 19.9 Å². The average molecular weight is 355 g/mol. The molecule has 0 fully saturated rings. The maximum absolute atomic E-state index is 11.8. The molecule has 2 rings (SSSR count). The summed E-state index contributed by atoms with van der Waals surface area (Å²) >= 11 is 0. The lowest BCUT2D eigenvalue weighted by Gasteiger charge is -2.14. The molecule has 2 aromatic rings. The third-order valence-corrected chi connectivity index (χ3v) is 3.66. The maximum atomic E-state index is 11.8. The van der Waals surface area contributed by atoms with Crippen molar-refractivity contribution in [1.82, 2.24) is 5.32 Å². The Balaban J connectivity index is 1.71. The Morgan fingerprint density at radius 3 is 2.23 bits per heavy atom. The number of ketones is 1. The number of rotatable bonds is 8. The Bertz CT molecular complexity index is 756. The van der Waals surface area contributed by atoms with Crippen LogP contribution < -0.4 is 10.1 Å². The highest BCUT2D eigenvalue weighted by Crippen LogP contribution is 2.13. The minimum atomic E-state index is -0.650. The topological polar surface area (TPSA) is 81.7 Å². The number of esters is 1. The number of amides is 1. The molecule has 0 unspecified atom stereocenters. The minimum Gasteiger partial charge on any atom is -0.482 e. The van der Waals surface area contributed by atoms with Crippen molar-refractivity contribution >= 4 is 17.7 Å². The predicted octanol–water partition coefficient (Wildman–Crippen LogP) is 2.69. The van der Waals surface area contributed by atoms with Gasteiger partial charge in [-0.2, -0.15) is 0 Å². The Labute approximate surface area is 152 Å². The van der Waals surface area contributed by atoms with Crippen molar-refractivity contribution in [2.75, 3.05) is 13.2 Å². The summed E-state index contributed by atoms with van der Waals surface area (Å²) in [5.74, 6) is -0.649. The van der Waals surface area contributed by atoms with Crippen molar-refractivity contribution in [3.8, 4) is 5.75 Å². The van der Waals surface area contributed by atoms with Crippen molar-refractivity contribution < 1.29 is 23.9 Å². The summed E-state index contributed by atoms with van der Waals surface area (Å²) in [5.41, 5.74) is 1.52. The molecule has 26 heavy (non-hydrogen) atoms. The van der Waals surface area contributed by atoms with Crippen LogP contribution in [0.1, 0.15) is 35.8 Å². The van der Waals surface area contributed by atoms with Gasteiger partial charge in [-0.3, -0.25) is 9.59 Å². The van der Waals surface area contributed by atoms with E-state index in [1.165, 1.54) is 6.92 Å². The second-order valence-corrected chi connectivity index (χ2v) is 5.73. The molecule has 0 aliphatic rings. The van der Waals surface area contributed by atoms with Gasteiger partial charge in [0, 0.05) is 5.56 Å². The first-order valence-electron chi connectivity index (χ1n) is 8.19. The third-order valence-electron chi connectivity index (χ3n) is 3.66. The summed E-state index contributed by atoms with van der Waals surface area (Å²) in [4.78, 5) is 34.7. The lowest BCUT2D eigenvalue weighted by atomic mass is 10.1. The number of hydrogen-bond donors (Lipinski definition) is 1. The highest BCUT2D eigenvalue weighted by molar-refractivity contribution is 5.94. The monoisotopic (exact) mass is 355 g/mol. The number of carbonyl (C=O) groups is 3. The molecule has 0 heterocycles. The van der Waals surface area contributed by atoms with E-state index in [2.05, 4.69) is 5.32 Å². The molecule has 6 heteroatoms. The smallest absolute Gasteiger partial charge is 0.344 e. The first-order chi connectivity index (χ1) is 12.5. The lowest BCUT2D eigenvalue weighted by molar-refractivity contribution is -0.150. The van der Waals surface area contributed by atoms with E-state index >= 15 is 0 Å². The van der Waals surface area contributed by atoms with E-state index in [-0.39, 0.29) is 30.9 Å². The SMILES string of the molecule is CC(=O)c1ccc(OCC(=O)OCC(=O)N[C@@H](C)c2ccccc2)cc1. The molecule has 136 valence electrons. The molecule has 2 aromatic carbocycles. The van der Waals surface area contributed by atoms with Gasteiger partial charge < -0.3 is 14.8 Å². The largest absolute Gasteiger partial charge is 0.482 e. The number of Topliss-reactive ketones (excluding diaryl/α,β-unsaturated/α-hetero) is 1. The normalized spacial score (nSPS) is 11.3. The Morgan fingerprint density at radius 1 is 0.962 bits per heavy atom. The molecular weight excluding hydrogens is 334 g/mol. The Hall–Kier alpha value is -3.15. The van der Waals surface area contributed by atoms with Crippen LogP contribution >= 0.6 is 0 Å². The van der Waals surface area contributed by atoms with Gasteiger partial charge in [-0.25, -0.2) is 4.79 Å². The highest BCUT2D eigenvalue weighted by atomic mass is 16.6. The number of ether oxygens (including phenoxy) is 2. The fraction of sp³-hybridized carbons (Fsp3) is 0.250. The van der Waals surface area contributed by atoms with Crippen molar-refractivity contribution in [1.29, 1.82) is 0 Å². The Morgan fingerprint density at radius 2 is 1.62 bits per heavy atom. The van der Waals surface area contributed by atoms with Gasteiger partial charge >= 0.3 is 5.97 Å². The van der Waals surface area contributed by atoms with Crippen LogP contribution in [-0.2, 0) is 14.3 Å². The second kappa shape index (κ2) is 9.36. The highest BCUT2D eigenvalue weighted by Gasteiger charge is 2.12. The van der Waals surface area contributed by atoms with E-state index in [9.17, 15) is 14.4 Å². The zero-order valence-corrected chi connectivity index (χ0v) is 14.7. The summed E-state index contributed by atoms with van der Waals surface area (Å²) in [5, 5.41) is 2.75. The standard InChI is InChI=1S/C20H21NO5/c1-14(16-6-4-3-5-7-16)21-19(23)12-26-20(24)13-25-18-10-8-17(9-11-18)15(2)22/h3-11,14H,12-13H2,1-2H3,(H,21,23)/t14-/m0/s1. The molecule has 0 saturated heterocycles. The molecule has 1 atom stereocenters. The molecule has 0 aromatic heterocycles. The minimum absolute atomic E-state index is 0.0493. The summed E-state index contributed by atoms with van der Waals surface area (Å²) in [6.45, 7) is 2.63. The van der Waals surface area contributed by atoms with Crippen LogP contribution in [0.25, 0.3) is 0 Å². The molecule has 0 aliphatic carbocycles. The van der Waals surface area contributed by atoms with Crippen LogP contribution in [-0.4, -0.2) is 30.9 Å². The predicted molar refractivity (Wildman–Crippen MR) is 95.9 cm³/mol. The summed E-state index contributed by atoms with van der Waals surface area (Å²) in [6, 6.07) is 15.7. The van der Waals surface area contributed by atoms with Gasteiger partial charge in [-0.05, 0) is 43.7 Å². The molecule has 0 bridgehead atoms. The maximum Gasteiger partial charge on any atom is 0.344 e. The van der Waals surface area contributed by atoms with Crippen LogP contribution in [0, 0.1) is 0 Å². The van der Waals surface area contributed by atoms with Crippen LogP contribution in [0.2, 0.25) is 0 Å². The number of nitrogens with one attached hydrogen (secondary N) is 1. The van der Waals surface area contributed by atoms with E-state index in [4.69, 9.17) is 9.47 Å². The van der Waals surface area contributed by atoms with Gasteiger partial charge in [0.25, 0.3) is 5.91 Å². The molecule has 0 radical (unpaired) electrons. The summed E-state index contributed by atoms with van der Waals surface area (Å²) in [6.07, 6.45) is 0. The van der Waals surface area contributed by atoms with Crippen LogP contribution in [0.4, 0.5) is 0 Å². The van der Waals surface area contributed by atoms with Gasteiger partial charge in [0.2, 0.25) is 0 Å². The van der Waals surface area contributed by atoms with Crippen LogP contribution in [0.3, 0.4) is 0 Å². The second-order valence-electron chi connectivity index (χ2n) is 5.73. The summed E-state index contributed by atoms with van der Waals surface area (Å²) in [7, 11) is 0. The molecular formula is C20H21NO5. The average Bonchev–Trinajstić information content (AvgIpc) is 2.65. The van der Waals surface area contributed by atoms with Crippen LogP contribution in [0.5, 0.6) is 5.75 Å². The number of carbonyl (C=O) groups excluding carboxylic acids is 3. The van der Waals surface area contributed by atoms with Crippen LogP contribution in [0.15, 0.2) is 54.6 Å². The van der Waals surface area contributed by atoms with Crippen molar-refractivity contribution in [2.24, 2.45) is 0 Å². The summed E-state index contributed by atoms with van der Waals surface area (Å²) < 4.78 is 10.2. The Kier molecular flexibility index (Phi) is 6.91. The first-order valence-corrected chi connectivity index (χ1v) is 8.19. The quantitative estimate of drug-likeness (QED) is 0.582. The molecule has 1 N–H and O–H groups in total. The van der Waals surface area contributed by atoms with E-state index in [0.717, 1.165) is 5.56 Å². The van der Waals surface area contributed by atoms with Crippen molar-refractivity contribution in [3.05, 3.63) is 65.7 Å². The van der Waals surface area contributed by atoms with Gasteiger partial charge in [0.1, 0.15) is 5.75 Å². The van der Waals surface area contributed by atoms with E-state index in [1.807, 2.05) is 37.3 Å². The molecule has 6 nitrogen and oxygen atoms in total. The van der Waals surface area contributed by atoms with Gasteiger partial charge in [-0.1, -0.05) is 30.3 Å². The van der Waals surface area contributed by atoms with E-state index in [1.54, 1.807) is 24.3 Å². The molecule has 0 saturated carbocycles. The van der Waals surface area contributed by atoms with E-state index in [0.29, 0.717) is 11.3 Å². The first kappa shape index (κ1) is 19.2. The van der Waals surface area contributed by atoms with E-state index < -0.39 is 5.97 Å². The fourth-order valence-corrected chi connectivity index (χ4v) is 2.22. The molecule has 1 amide bonds. The van der Waals surface area contributed by atoms with Gasteiger partial charge in [0.15, 0.2) is 19.0 Å². The fourth-order valence-electron chi connectivity index (χ4n) is 2.22. The van der Waals surface area contributed by atoms with Gasteiger partial charge in [-0.15, -0.1) is 0 Å². The zero-order chi connectivity index (χ0) is 18.9.